The Morgan fingerprint density at radius 3 is 1.04 bits per heavy atom. The Bertz CT molecular complexity index is 4220. The quantitative estimate of drug-likeness (QED) is 0.156. The second kappa shape index (κ2) is 18.3. The highest BCUT2D eigenvalue weighted by Gasteiger charge is 2.36. The summed E-state index contributed by atoms with van der Waals surface area (Å²) < 4.78 is 0. The van der Waals surface area contributed by atoms with Crippen molar-refractivity contribution in [2.24, 2.45) is 0 Å². The Morgan fingerprint density at radius 1 is 0.316 bits per heavy atom. The number of rotatable bonds is 5. The van der Waals surface area contributed by atoms with E-state index >= 15 is 0 Å². The second-order valence-corrected chi connectivity index (χ2v) is 22.4. The lowest BCUT2D eigenvalue weighted by molar-refractivity contribution is 1.12. The molecule has 4 aliphatic heterocycles. The molecule has 0 radical (unpaired) electrons. The van der Waals surface area contributed by atoms with Crippen LogP contribution in [0.4, 0.5) is 79.6 Å². The molecule has 4 heterocycles. The third-order valence-corrected chi connectivity index (χ3v) is 18.5. The minimum absolute atomic E-state index is 0.278. The summed E-state index contributed by atoms with van der Waals surface area (Å²) in [4.78, 5) is 25.4. The van der Waals surface area contributed by atoms with Gasteiger partial charge in [0.15, 0.2) is 0 Å². The number of fused-ring (bicyclic) bond motifs is 8. The summed E-state index contributed by atoms with van der Waals surface area (Å²) in [5.41, 5.74) is 14.1. The highest BCUT2D eigenvalue weighted by atomic mass is 32.2. The molecule has 0 saturated carbocycles. The van der Waals surface area contributed by atoms with Gasteiger partial charge in [0, 0.05) is 39.2 Å². The molecule has 0 spiro atoms. The maximum absolute atomic E-state index is 10.6. The van der Waals surface area contributed by atoms with E-state index in [9.17, 15) is 10.5 Å². The van der Waals surface area contributed by atoms with E-state index in [0.29, 0.717) is 11.1 Å². The van der Waals surface area contributed by atoms with Crippen molar-refractivity contribution in [1.29, 1.82) is 10.5 Å². The topological polar surface area (TPSA) is 69.3 Å². The monoisotopic (exact) mass is 1040 g/mol. The number of hydrogen-bond acceptors (Lipinski definition) is 10. The standard InChI is InChI=1S/C64H34N8S4/c1-67-43-35-55(70-47-19-5-11-26-59(47)74-60-27-12-6-20-48(60)70)53(32-40(43)37-65)71-49-21-7-13-28-61(49)75-63-34-39(30-31-51(63)71)42-16-15-23-52-64(42)76-62-29-14-8-22-50(62)72(52)56-36-44(68-2)41(38-66)33-54(56)69-45-17-3-9-24-57(45)73-58-25-10-4-18-46(58)69/h3-36H. The van der Waals surface area contributed by atoms with E-state index in [2.05, 4.69) is 193 Å². The van der Waals surface area contributed by atoms with Gasteiger partial charge in [-0.2, -0.15) is 10.5 Å². The number of nitrogens with zero attached hydrogens (tertiary/aromatic N) is 8. The van der Waals surface area contributed by atoms with Gasteiger partial charge in [-0.05, 0) is 126 Å². The maximum atomic E-state index is 10.6. The van der Waals surface area contributed by atoms with Crippen molar-refractivity contribution in [3.8, 4) is 23.3 Å². The number of para-hydroxylation sites is 6. The molecule has 0 aromatic heterocycles. The van der Waals surface area contributed by atoms with Gasteiger partial charge in [0.1, 0.15) is 0 Å². The summed E-state index contributed by atoms with van der Waals surface area (Å²) in [7, 11) is 0. The Labute approximate surface area is 456 Å². The molecule has 12 heteroatoms. The van der Waals surface area contributed by atoms with Gasteiger partial charge in [-0.15, -0.1) is 0 Å². The van der Waals surface area contributed by atoms with Crippen molar-refractivity contribution < 1.29 is 0 Å². The zero-order valence-corrected chi connectivity index (χ0v) is 43.1. The Balaban J connectivity index is 0.955. The largest absolute Gasteiger partial charge is 0.307 e. The summed E-state index contributed by atoms with van der Waals surface area (Å²) in [6, 6.07) is 75.4. The molecular formula is C64H34N8S4. The smallest absolute Gasteiger partial charge is 0.206 e. The minimum atomic E-state index is 0.278. The Kier molecular flexibility index (Phi) is 10.9. The fraction of sp³-hybridized carbons (Fsp3) is 0. The molecule has 8 nitrogen and oxygen atoms in total. The third kappa shape index (κ3) is 7.16. The molecule has 0 bridgehead atoms. The van der Waals surface area contributed by atoms with Crippen LogP contribution in [0.5, 0.6) is 0 Å². The predicted molar refractivity (Wildman–Crippen MR) is 309 cm³/mol. The lowest BCUT2D eigenvalue weighted by atomic mass is 10.0. The van der Waals surface area contributed by atoms with E-state index in [4.69, 9.17) is 13.1 Å². The van der Waals surface area contributed by atoms with Crippen molar-refractivity contribution >= 4 is 127 Å². The first-order valence-corrected chi connectivity index (χ1v) is 27.4. The highest BCUT2D eigenvalue weighted by Crippen LogP contribution is 2.62. The number of hydrogen-bond donors (Lipinski definition) is 0. The number of benzene rings is 10. The summed E-state index contributed by atoms with van der Waals surface area (Å²) in [5.74, 6) is 0. The van der Waals surface area contributed by atoms with Crippen LogP contribution in [0.3, 0.4) is 0 Å². The second-order valence-electron chi connectivity index (χ2n) is 18.1. The SMILES string of the molecule is [C-]#[N+]c1cc(N2c3ccccc3Sc3ccccc32)c(N2c3ccccc3Sc3cc(-c4cccc5c4Sc4ccccc4N5c4cc([N+]#[C-])c(C#N)cc4N4c5ccccc5Sc5ccccc54)ccc32)cc1C#N. The fourth-order valence-corrected chi connectivity index (χ4v) is 15.0. The molecule has 0 atom stereocenters. The molecule has 10 aromatic carbocycles. The average molecular weight is 1040 g/mol. The van der Waals surface area contributed by atoms with Crippen LogP contribution in [0, 0.1) is 35.8 Å². The molecule has 0 aliphatic carbocycles. The molecule has 0 fully saturated rings. The molecule has 354 valence electrons. The van der Waals surface area contributed by atoms with Gasteiger partial charge < -0.3 is 19.6 Å². The van der Waals surface area contributed by atoms with Crippen LogP contribution in [0.2, 0.25) is 0 Å². The van der Waals surface area contributed by atoms with Crippen molar-refractivity contribution in [2.45, 2.75) is 39.2 Å². The van der Waals surface area contributed by atoms with E-state index in [-0.39, 0.29) is 11.4 Å². The predicted octanol–water partition coefficient (Wildman–Crippen LogP) is 19.9. The Morgan fingerprint density at radius 2 is 0.645 bits per heavy atom. The molecular weight excluding hydrogens is 1010 g/mol. The van der Waals surface area contributed by atoms with Crippen LogP contribution in [0.15, 0.2) is 245 Å². The zero-order valence-electron chi connectivity index (χ0n) is 39.8. The van der Waals surface area contributed by atoms with Gasteiger partial charge in [-0.3, -0.25) is 0 Å². The van der Waals surface area contributed by atoms with E-state index < -0.39 is 0 Å². The molecule has 0 N–H and O–H groups in total. The molecule has 14 rings (SSSR count). The van der Waals surface area contributed by atoms with Crippen LogP contribution in [-0.2, 0) is 0 Å². The lowest BCUT2D eigenvalue weighted by Crippen LogP contribution is -2.21. The van der Waals surface area contributed by atoms with Crippen LogP contribution in [0.1, 0.15) is 11.1 Å². The number of anilines is 12. The van der Waals surface area contributed by atoms with Crippen molar-refractivity contribution in [3.63, 3.8) is 0 Å². The first kappa shape index (κ1) is 45.4. The maximum Gasteiger partial charge on any atom is 0.206 e. The van der Waals surface area contributed by atoms with E-state index in [1.807, 2.05) is 54.6 Å². The minimum Gasteiger partial charge on any atom is -0.307 e. The van der Waals surface area contributed by atoms with Gasteiger partial charge in [-0.25, -0.2) is 9.69 Å². The number of nitriles is 2. The summed E-state index contributed by atoms with van der Waals surface area (Å²) >= 11 is 6.89. The third-order valence-electron chi connectivity index (χ3n) is 13.9. The van der Waals surface area contributed by atoms with Crippen molar-refractivity contribution in [1.82, 2.24) is 0 Å². The summed E-state index contributed by atoms with van der Waals surface area (Å²) in [6.07, 6.45) is 0. The normalized spacial score (nSPS) is 13.2. The highest BCUT2D eigenvalue weighted by molar-refractivity contribution is 8.00. The molecule has 76 heavy (non-hydrogen) atoms. The first-order chi connectivity index (χ1) is 37.5. The van der Waals surface area contributed by atoms with Gasteiger partial charge in [0.2, 0.25) is 11.4 Å². The van der Waals surface area contributed by atoms with Crippen LogP contribution in [0.25, 0.3) is 20.8 Å². The van der Waals surface area contributed by atoms with Crippen molar-refractivity contribution in [2.75, 3.05) is 19.6 Å². The average Bonchev–Trinajstić information content (AvgIpc) is 3.61. The first-order valence-electron chi connectivity index (χ1n) is 24.2. The molecule has 10 aromatic rings. The van der Waals surface area contributed by atoms with E-state index in [0.717, 1.165) is 119 Å². The van der Waals surface area contributed by atoms with Gasteiger partial charge >= 0.3 is 0 Å². The molecule has 0 amide bonds. The van der Waals surface area contributed by atoms with E-state index in [1.54, 1.807) is 47.0 Å². The van der Waals surface area contributed by atoms with E-state index in [1.165, 1.54) is 0 Å². The zero-order chi connectivity index (χ0) is 51.0. The van der Waals surface area contributed by atoms with Crippen LogP contribution < -0.4 is 19.6 Å². The van der Waals surface area contributed by atoms with Crippen molar-refractivity contribution in [3.05, 3.63) is 240 Å². The summed E-state index contributed by atoms with van der Waals surface area (Å²) in [5, 5.41) is 21.2. The molecule has 0 saturated heterocycles. The Hall–Kier alpha value is -9.24. The lowest BCUT2D eigenvalue weighted by Gasteiger charge is -2.39. The summed E-state index contributed by atoms with van der Waals surface area (Å²) in [6.45, 7) is 16.6. The van der Waals surface area contributed by atoms with Gasteiger partial charge in [-0.1, -0.05) is 138 Å². The van der Waals surface area contributed by atoms with Crippen LogP contribution >= 0.6 is 47.0 Å². The van der Waals surface area contributed by atoms with Gasteiger partial charge in [0.05, 0.1) is 105 Å². The molecule has 4 aliphatic rings. The van der Waals surface area contributed by atoms with Crippen LogP contribution in [-0.4, -0.2) is 0 Å². The fourth-order valence-electron chi connectivity index (χ4n) is 10.6. The van der Waals surface area contributed by atoms with Gasteiger partial charge in [0.25, 0.3) is 0 Å². The molecule has 0 unspecified atom stereocenters.